The predicted octanol–water partition coefficient (Wildman–Crippen LogP) is 3.24. The van der Waals surface area contributed by atoms with Crippen molar-refractivity contribution in [1.82, 2.24) is 0 Å². The monoisotopic (exact) mass is 219 g/mol. The van der Waals surface area contributed by atoms with Gasteiger partial charge in [0.2, 0.25) is 0 Å². The van der Waals surface area contributed by atoms with E-state index in [1.807, 2.05) is 0 Å². The third-order valence-corrected chi connectivity index (χ3v) is 3.35. The Hall–Kier alpha value is -1.08. The molecule has 1 nitrogen and oxygen atoms in total. The molecule has 0 N–H and O–H groups in total. The molecule has 78 valence electrons. The fraction of sp³-hybridized carbons (Fsp3) is 0.308. The van der Waals surface area contributed by atoms with Gasteiger partial charge in [0.05, 0.1) is 0 Å². The van der Waals surface area contributed by atoms with Gasteiger partial charge in [-0.15, -0.1) is 12.4 Å². The topological polar surface area (TPSA) is 12.4 Å². The number of benzene rings is 1. The van der Waals surface area contributed by atoms with Crippen molar-refractivity contribution in [1.29, 1.82) is 0 Å². The molecule has 0 bridgehead atoms. The van der Waals surface area contributed by atoms with Crippen LogP contribution in [0.4, 0.5) is 0 Å². The van der Waals surface area contributed by atoms with Crippen LogP contribution in [0.5, 0.6) is 0 Å². The van der Waals surface area contributed by atoms with Crippen LogP contribution < -0.4 is 0 Å². The van der Waals surface area contributed by atoms with E-state index in [1.165, 1.54) is 11.1 Å². The quantitative estimate of drug-likeness (QED) is 0.635. The van der Waals surface area contributed by atoms with Gasteiger partial charge in [0.25, 0.3) is 0 Å². The van der Waals surface area contributed by atoms with Crippen LogP contribution in [0.25, 0.3) is 6.08 Å². The minimum atomic E-state index is 0. The molecular weight excluding hydrogens is 206 g/mol. The van der Waals surface area contributed by atoms with Gasteiger partial charge in [-0.2, -0.15) is 0 Å². The Morgan fingerprint density at radius 1 is 1.20 bits per heavy atom. The molecule has 0 amide bonds. The van der Waals surface area contributed by atoms with Crippen LogP contribution in [0.15, 0.2) is 35.3 Å². The second-order valence-electron chi connectivity index (χ2n) is 4.12. The van der Waals surface area contributed by atoms with Gasteiger partial charge in [-0.25, -0.2) is 0 Å². The minimum Gasteiger partial charge on any atom is -0.297 e. The van der Waals surface area contributed by atoms with Crippen molar-refractivity contribution in [2.24, 2.45) is 4.99 Å². The lowest BCUT2D eigenvalue weighted by atomic mass is 9.76. The number of aliphatic imine (C=N–C) groups is 1. The molecule has 1 aliphatic heterocycles. The summed E-state index contributed by atoms with van der Waals surface area (Å²) in [6, 6.07) is 8.71. The fourth-order valence-electron chi connectivity index (χ4n) is 2.52. The number of hydrogen-bond donors (Lipinski definition) is 0. The highest BCUT2D eigenvalue weighted by molar-refractivity contribution is 5.85. The normalized spacial score (nSPS) is 26.4. The maximum Gasteiger partial charge on any atom is 0.0397 e. The van der Waals surface area contributed by atoms with Crippen molar-refractivity contribution in [3.63, 3.8) is 0 Å². The van der Waals surface area contributed by atoms with Crippen molar-refractivity contribution in [3.8, 4) is 0 Å². The Morgan fingerprint density at radius 2 is 2.07 bits per heavy atom. The molecule has 3 rings (SSSR count). The van der Waals surface area contributed by atoms with Crippen molar-refractivity contribution >= 4 is 24.7 Å². The van der Waals surface area contributed by atoms with Gasteiger partial charge in [-0.1, -0.05) is 36.4 Å². The van der Waals surface area contributed by atoms with Crippen molar-refractivity contribution in [2.45, 2.75) is 18.3 Å². The third-order valence-electron chi connectivity index (χ3n) is 3.35. The number of rotatable bonds is 0. The van der Waals surface area contributed by atoms with Crippen LogP contribution in [-0.2, 0) is 5.41 Å². The Bertz CT molecular complexity index is 422. The number of halogens is 1. The van der Waals surface area contributed by atoms with Crippen LogP contribution >= 0.6 is 12.4 Å². The summed E-state index contributed by atoms with van der Waals surface area (Å²) in [5.41, 5.74) is 3.16. The summed E-state index contributed by atoms with van der Waals surface area (Å²) in [5, 5.41) is 0. The first-order chi connectivity index (χ1) is 6.91. The Labute approximate surface area is 96.3 Å². The van der Waals surface area contributed by atoms with Crippen molar-refractivity contribution in [2.75, 3.05) is 6.54 Å². The van der Waals surface area contributed by atoms with E-state index >= 15 is 0 Å². The summed E-state index contributed by atoms with van der Waals surface area (Å²) in [4.78, 5) is 4.31. The van der Waals surface area contributed by atoms with Gasteiger partial charge in [-0.3, -0.25) is 4.99 Å². The summed E-state index contributed by atoms with van der Waals surface area (Å²) >= 11 is 0. The molecule has 0 fully saturated rings. The zero-order valence-electron chi connectivity index (χ0n) is 8.52. The van der Waals surface area contributed by atoms with Crippen molar-refractivity contribution in [3.05, 3.63) is 41.5 Å². The SMILES string of the molecule is C1=CC2(CC=NCC2)c2ccccc21.Cl. The highest BCUT2D eigenvalue weighted by atomic mass is 35.5. The van der Waals surface area contributed by atoms with Gasteiger partial charge < -0.3 is 0 Å². The van der Waals surface area contributed by atoms with E-state index in [2.05, 4.69) is 47.6 Å². The molecule has 0 aromatic heterocycles. The maximum atomic E-state index is 4.31. The second kappa shape index (κ2) is 3.82. The van der Waals surface area contributed by atoms with Crippen LogP contribution in [0.1, 0.15) is 24.0 Å². The summed E-state index contributed by atoms with van der Waals surface area (Å²) in [6.45, 7) is 0.971. The molecule has 2 heteroatoms. The Morgan fingerprint density at radius 3 is 2.87 bits per heavy atom. The lowest BCUT2D eigenvalue weighted by Crippen LogP contribution is -2.26. The van der Waals surface area contributed by atoms with E-state index < -0.39 is 0 Å². The van der Waals surface area contributed by atoms with E-state index in [0.717, 1.165) is 19.4 Å². The zero-order chi connectivity index (χ0) is 9.43. The largest absolute Gasteiger partial charge is 0.297 e. The molecule has 1 spiro atoms. The van der Waals surface area contributed by atoms with E-state index in [4.69, 9.17) is 0 Å². The van der Waals surface area contributed by atoms with Gasteiger partial charge in [0.1, 0.15) is 0 Å². The summed E-state index contributed by atoms with van der Waals surface area (Å²) in [6.07, 6.45) is 8.94. The van der Waals surface area contributed by atoms with E-state index in [-0.39, 0.29) is 17.8 Å². The molecule has 1 aromatic carbocycles. The first kappa shape index (κ1) is 10.4. The first-order valence-electron chi connectivity index (χ1n) is 5.18. The third kappa shape index (κ3) is 1.51. The highest BCUT2D eigenvalue weighted by Gasteiger charge is 2.34. The smallest absolute Gasteiger partial charge is 0.0397 e. The molecule has 15 heavy (non-hydrogen) atoms. The molecule has 0 saturated heterocycles. The molecule has 1 heterocycles. The number of nitrogens with zero attached hydrogens (tertiary/aromatic N) is 1. The van der Waals surface area contributed by atoms with Gasteiger partial charge in [0.15, 0.2) is 0 Å². The first-order valence-corrected chi connectivity index (χ1v) is 5.18. The standard InChI is InChI=1S/C13H13N.ClH/c1-2-4-12-11(3-1)5-6-13(12)7-9-14-10-8-13;/h1-6,9H,7-8,10H2;1H. The fourth-order valence-corrected chi connectivity index (χ4v) is 2.52. The molecule has 1 aliphatic carbocycles. The summed E-state index contributed by atoms with van der Waals surface area (Å²) in [7, 11) is 0. The lowest BCUT2D eigenvalue weighted by Gasteiger charge is -2.29. The molecule has 0 radical (unpaired) electrons. The number of fused-ring (bicyclic) bond motifs is 2. The lowest BCUT2D eigenvalue weighted by molar-refractivity contribution is 0.511. The van der Waals surface area contributed by atoms with E-state index in [1.54, 1.807) is 0 Å². The van der Waals surface area contributed by atoms with E-state index in [9.17, 15) is 0 Å². The second-order valence-corrected chi connectivity index (χ2v) is 4.12. The van der Waals surface area contributed by atoms with Crippen LogP contribution in [-0.4, -0.2) is 12.8 Å². The van der Waals surface area contributed by atoms with Crippen LogP contribution in [0, 0.1) is 0 Å². The predicted molar refractivity (Wildman–Crippen MR) is 67.0 cm³/mol. The molecule has 0 saturated carbocycles. The minimum absolute atomic E-state index is 0. The van der Waals surface area contributed by atoms with Crippen LogP contribution in [0.2, 0.25) is 0 Å². The van der Waals surface area contributed by atoms with Crippen molar-refractivity contribution < 1.29 is 0 Å². The van der Waals surface area contributed by atoms with Crippen LogP contribution in [0.3, 0.4) is 0 Å². The average Bonchev–Trinajstić information content (AvgIpc) is 2.60. The zero-order valence-corrected chi connectivity index (χ0v) is 9.33. The molecular formula is C13H14ClN. The number of allylic oxidation sites excluding steroid dienone is 1. The van der Waals surface area contributed by atoms with Gasteiger partial charge in [-0.05, 0) is 30.2 Å². The maximum absolute atomic E-state index is 4.31. The Kier molecular flexibility index (Phi) is 2.66. The number of hydrogen-bond acceptors (Lipinski definition) is 1. The van der Waals surface area contributed by atoms with Gasteiger partial charge in [0, 0.05) is 12.0 Å². The van der Waals surface area contributed by atoms with E-state index in [0.29, 0.717) is 0 Å². The summed E-state index contributed by atoms with van der Waals surface area (Å²) in [5.74, 6) is 0. The average molecular weight is 220 g/mol. The molecule has 1 aromatic rings. The Balaban J connectivity index is 0.000000853. The molecule has 1 unspecified atom stereocenters. The highest BCUT2D eigenvalue weighted by Crippen LogP contribution is 2.41. The summed E-state index contributed by atoms with van der Waals surface area (Å²) < 4.78 is 0. The molecule has 1 atom stereocenters. The molecule has 2 aliphatic rings. The van der Waals surface area contributed by atoms with Gasteiger partial charge >= 0.3 is 0 Å².